The maximum absolute atomic E-state index is 13.2. The Bertz CT molecular complexity index is 1460. The van der Waals surface area contributed by atoms with Crippen LogP contribution in [-0.4, -0.2) is 20.5 Å². The molecule has 1 aliphatic heterocycles. The van der Waals surface area contributed by atoms with Crippen molar-refractivity contribution < 1.29 is 9.53 Å². The molecule has 186 valence electrons. The summed E-state index contributed by atoms with van der Waals surface area (Å²) in [5.74, 6) is 2.40. The van der Waals surface area contributed by atoms with E-state index in [0.29, 0.717) is 24.1 Å². The molecular weight excluding hydrogens is 480 g/mol. The third-order valence-electron chi connectivity index (χ3n) is 6.76. The van der Waals surface area contributed by atoms with Crippen LogP contribution < -0.4 is 10.1 Å². The number of nitrogens with zero attached hydrogens (tertiary/aromatic N) is 3. The maximum atomic E-state index is 13.2. The number of nitrogens with one attached hydrogen (secondary N) is 1. The number of allylic oxidation sites excluding steroid dienone is 2. The van der Waals surface area contributed by atoms with Gasteiger partial charge in [-0.2, -0.15) is 4.98 Å². The van der Waals surface area contributed by atoms with Crippen LogP contribution in [0.3, 0.4) is 0 Å². The number of ketones is 1. The summed E-state index contributed by atoms with van der Waals surface area (Å²) in [6.07, 6.45) is 2.24. The number of thioether (sulfide) groups is 1. The van der Waals surface area contributed by atoms with E-state index < -0.39 is 0 Å². The summed E-state index contributed by atoms with van der Waals surface area (Å²) in [4.78, 5) is 18.0. The largest absolute Gasteiger partial charge is 0.489 e. The third kappa shape index (κ3) is 5.04. The van der Waals surface area contributed by atoms with Gasteiger partial charge in [0.25, 0.3) is 0 Å². The number of ether oxygens (including phenoxy) is 1. The molecule has 0 saturated heterocycles. The Morgan fingerprint density at radius 3 is 2.68 bits per heavy atom. The Labute approximate surface area is 220 Å². The molecule has 0 bridgehead atoms. The van der Waals surface area contributed by atoms with Gasteiger partial charge in [-0.15, -0.1) is 5.10 Å². The molecule has 1 aliphatic carbocycles. The predicted octanol–water partition coefficient (Wildman–Crippen LogP) is 6.48. The number of hydrogen-bond acceptors (Lipinski definition) is 6. The van der Waals surface area contributed by atoms with Gasteiger partial charge in [0, 0.05) is 23.4 Å². The van der Waals surface area contributed by atoms with Crippen molar-refractivity contribution in [1.82, 2.24) is 14.8 Å². The lowest BCUT2D eigenvalue weighted by Gasteiger charge is -2.32. The number of rotatable bonds is 7. The van der Waals surface area contributed by atoms with E-state index in [9.17, 15) is 4.79 Å². The zero-order valence-electron chi connectivity index (χ0n) is 20.7. The third-order valence-corrected chi connectivity index (χ3v) is 7.67. The van der Waals surface area contributed by atoms with E-state index in [2.05, 4.69) is 48.6 Å². The SMILES string of the molecule is Cc1ccc(COc2cccc(C3C4=C(CCCC4=O)Nc4nc(SCc5ccccc5)nn43)c2)cc1. The summed E-state index contributed by atoms with van der Waals surface area (Å²) < 4.78 is 8.01. The minimum absolute atomic E-state index is 0.171. The van der Waals surface area contributed by atoms with Crippen molar-refractivity contribution in [1.29, 1.82) is 0 Å². The molecule has 1 aromatic heterocycles. The van der Waals surface area contributed by atoms with Gasteiger partial charge in [0.1, 0.15) is 18.4 Å². The van der Waals surface area contributed by atoms with Gasteiger partial charge >= 0.3 is 0 Å². The van der Waals surface area contributed by atoms with E-state index in [-0.39, 0.29) is 11.8 Å². The summed E-state index contributed by atoms with van der Waals surface area (Å²) in [6.45, 7) is 2.56. The lowest BCUT2D eigenvalue weighted by Crippen LogP contribution is -2.31. The smallest absolute Gasteiger partial charge is 0.227 e. The highest BCUT2D eigenvalue weighted by molar-refractivity contribution is 7.98. The standard InChI is InChI=1S/C30H28N4O2S/c1-20-13-15-21(16-14-20)18-36-24-10-5-9-23(17-24)28-27-25(11-6-12-26(27)35)31-29-32-30(33-34(28)29)37-19-22-7-3-2-4-8-22/h2-5,7-10,13-17,28H,6,11-12,18-19H2,1H3,(H,31,32,33). The topological polar surface area (TPSA) is 69.0 Å². The van der Waals surface area contributed by atoms with Crippen molar-refractivity contribution in [2.24, 2.45) is 0 Å². The van der Waals surface area contributed by atoms with E-state index >= 15 is 0 Å². The van der Waals surface area contributed by atoms with Gasteiger partial charge in [-0.3, -0.25) is 4.79 Å². The fourth-order valence-electron chi connectivity index (χ4n) is 4.85. The molecule has 37 heavy (non-hydrogen) atoms. The molecule has 6 rings (SSSR count). The van der Waals surface area contributed by atoms with E-state index in [1.54, 1.807) is 11.8 Å². The first-order valence-corrected chi connectivity index (χ1v) is 13.6. The second kappa shape index (κ2) is 10.3. The monoisotopic (exact) mass is 508 g/mol. The van der Waals surface area contributed by atoms with Crippen LogP contribution in [0.2, 0.25) is 0 Å². The quantitative estimate of drug-likeness (QED) is 0.288. The second-order valence-electron chi connectivity index (χ2n) is 9.48. The van der Waals surface area contributed by atoms with Gasteiger partial charge in [-0.25, -0.2) is 4.68 Å². The summed E-state index contributed by atoms with van der Waals surface area (Å²) in [6, 6.07) is 26.3. The van der Waals surface area contributed by atoms with Crippen LogP contribution in [0, 0.1) is 6.92 Å². The predicted molar refractivity (Wildman–Crippen MR) is 146 cm³/mol. The van der Waals surface area contributed by atoms with Gasteiger partial charge in [-0.1, -0.05) is 84.1 Å². The Morgan fingerprint density at radius 2 is 1.84 bits per heavy atom. The second-order valence-corrected chi connectivity index (χ2v) is 10.4. The van der Waals surface area contributed by atoms with Crippen LogP contribution in [0.4, 0.5) is 5.95 Å². The van der Waals surface area contributed by atoms with Gasteiger partial charge in [0.05, 0.1) is 0 Å². The Hall–Kier alpha value is -3.84. The molecule has 0 spiro atoms. The lowest BCUT2D eigenvalue weighted by atomic mass is 9.85. The van der Waals surface area contributed by atoms with Crippen molar-refractivity contribution in [3.05, 3.63) is 112 Å². The average Bonchev–Trinajstić information content (AvgIpc) is 3.34. The molecule has 6 nitrogen and oxygen atoms in total. The van der Waals surface area contributed by atoms with Crippen molar-refractivity contribution >= 4 is 23.5 Å². The summed E-state index contributed by atoms with van der Waals surface area (Å²) in [5, 5.41) is 8.97. The molecule has 2 heterocycles. The Balaban J connectivity index is 1.30. The number of hydrogen-bond donors (Lipinski definition) is 1. The molecule has 1 unspecified atom stereocenters. The van der Waals surface area contributed by atoms with E-state index in [1.165, 1.54) is 11.1 Å². The molecule has 0 radical (unpaired) electrons. The van der Waals surface area contributed by atoms with Gasteiger partial charge in [0.15, 0.2) is 5.78 Å². The number of carbonyl (C=O) groups excluding carboxylic acids is 1. The highest BCUT2D eigenvalue weighted by atomic mass is 32.2. The Kier molecular flexibility index (Phi) is 6.53. The summed E-state index contributed by atoms with van der Waals surface area (Å²) in [7, 11) is 0. The number of Topliss-reactive ketones (excluding diaryl/α,β-unsaturated/α-hetero) is 1. The molecule has 1 N–H and O–H groups in total. The van der Waals surface area contributed by atoms with Crippen LogP contribution in [-0.2, 0) is 17.2 Å². The van der Waals surface area contributed by atoms with E-state index in [4.69, 9.17) is 14.8 Å². The fraction of sp³-hybridized carbons (Fsp3) is 0.233. The molecule has 7 heteroatoms. The summed E-state index contributed by atoms with van der Waals surface area (Å²) >= 11 is 1.60. The van der Waals surface area contributed by atoms with Crippen molar-refractivity contribution in [3.63, 3.8) is 0 Å². The first-order chi connectivity index (χ1) is 18.1. The molecule has 0 fully saturated rings. The number of anilines is 1. The van der Waals surface area contributed by atoms with Crippen LogP contribution in [0.1, 0.15) is 47.6 Å². The molecule has 0 amide bonds. The first-order valence-electron chi connectivity index (χ1n) is 12.6. The molecule has 3 aromatic carbocycles. The molecule has 2 aliphatic rings. The minimum atomic E-state index is -0.333. The Morgan fingerprint density at radius 1 is 1.00 bits per heavy atom. The maximum Gasteiger partial charge on any atom is 0.227 e. The van der Waals surface area contributed by atoms with Crippen molar-refractivity contribution in [2.45, 2.75) is 49.7 Å². The summed E-state index contributed by atoms with van der Waals surface area (Å²) in [5.41, 5.74) is 6.28. The van der Waals surface area contributed by atoms with E-state index in [1.807, 2.05) is 47.1 Å². The van der Waals surface area contributed by atoms with Crippen molar-refractivity contribution in [3.8, 4) is 5.75 Å². The molecule has 1 atom stereocenters. The highest BCUT2D eigenvalue weighted by Gasteiger charge is 2.37. The lowest BCUT2D eigenvalue weighted by molar-refractivity contribution is -0.116. The number of fused-ring (bicyclic) bond motifs is 1. The van der Waals surface area contributed by atoms with Gasteiger partial charge in [-0.05, 0) is 48.6 Å². The minimum Gasteiger partial charge on any atom is -0.489 e. The molecule has 4 aromatic rings. The van der Waals surface area contributed by atoms with Gasteiger partial charge in [0.2, 0.25) is 11.1 Å². The number of benzene rings is 3. The highest BCUT2D eigenvalue weighted by Crippen LogP contribution is 2.41. The van der Waals surface area contributed by atoms with Crippen LogP contribution in [0.25, 0.3) is 0 Å². The molecular formula is C30H28N4O2S. The molecule has 0 saturated carbocycles. The van der Waals surface area contributed by atoms with Gasteiger partial charge < -0.3 is 10.1 Å². The van der Waals surface area contributed by atoms with Crippen LogP contribution >= 0.6 is 11.8 Å². The first kappa shape index (κ1) is 23.6. The number of aromatic nitrogens is 3. The van der Waals surface area contributed by atoms with Crippen molar-refractivity contribution in [2.75, 3.05) is 5.32 Å². The zero-order valence-corrected chi connectivity index (χ0v) is 21.5. The fourth-order valence-corrected chi connectivity index (χ4v) is 5.64. The zero-order chi connectivity index (χ0) is 25.2. The number of aryl methyl sites for hydroxylation is 1. The average molecular weight is 509 g/mol. The van der Waals surface area contributed by atoms with Crippen LogP contribution in [0.15, 0.2) is 95.3 Å². The normalized spacial score (nSPS) is 16.7. The number of carbonyl (C=O) groups is 1. The van der Waals surface area contributed by atoms with E-state index in [0.717, 1.165) is 46.7 Å². The van der Waals surface area contributed by atoms with Crippen LogP contribution in [0.5, 0.6) is 5.75 Å².